The van der Waals surface area contributed by atoms with Crippen molar-refractivity contribution in [2.45, 2.75) is 30.9 Å². The minimum absolute atomic E-state index is 0.0490. The first-order chi connectivity index (χ1) is 14.3. The number of carboxylic acid groups (broad SMARTS) is 1. The Hall–Kier alpha value is -3.26. The number of nitrogens with one attached hydrogen (secondary N) is 2. The lowest BCUT2D eigenvalue weighted by Crippen LogP contribution is -2.22. The summed E-state index contributed by atoms with van der Waals surface area (Å²) < 4.78 is 5.38. The summed E-state index contributed by atoms with van der Waals surface area (Å²) in [6, 6.07) is 14.1. The van der Waals surface area contributed by atoms with Crippen LogP contribution in [-0.2, 0) is 14.4 Å². The molecule has 1 unspecified atom stereocenters. The van der Waals surface area contributed by atoms with E-state index in [0.717, 1.165) is 16.7 Å². The molecule has 158 valence electrons. The summed E-state index contributed by atoms with van der Waals surface area (Å²) in [5.74, 6) is -1.04. The normalized spacial score (nSPS) is 12.0. The van der Waals surface area contributed by atoms with Gasteiger partial charge in [0, 0.05) is 27.9 Å². The molecular formula is C22H24N2O5S. The van der Waals surface area contributed by atoms with E-state index in [4.69, 9.17) is 9.84 Å². The zero-order chi connectivity index (χ0) is 22.1. The molecule has 0 aliphatic heterocycles. The van der Waals surface area contributed by atoms with E-state index in [1.807, 2.05) is 13.8 Å². The Morgan fingerprint density at radius 2 is 1.60 bits per heavy atom. The van der Waals surface area contributed by atoms with Gasteiger partial charge in [-0.3, -0.25) is 9.59 Å². The fourth-order valence-electron chi connectivity index (χ4n) is 2.36. The number of hydrogen-bond acceptors (Lipinski definition) is 5. The second kappa shape index (κ2) is 11.1. The number of rotatable bonds is 9. The molecule has 0 heterocycles. The van der Waals surface area contributed by atoms with Crippen LogP contribution in [0.3, 0.4) is 0 Å². The lowest BCUT2D eigenvalue weighted by atomic mass is 10.2. The van der Waals surface area contributed by atoms with Crippen molar-refractivity contribution in [3.63, 3.8) is 0 Å². The van der Waals surface area contributed by atoms with Crippen LogP contribution in [0.1, 0.15) is 20.8 Å². The molecule has 8 heteroatoms. The largest absolute Gasteiger partial charge is 0.494 e. The maximum absolute atomic E-state index is 12.4. The number of carboxylic acids is 1. The minimum atomic E-state index is -1.14. The monoisotopic (exact) mass is 428 g/mol. The quantitative estimate of drug-likeness (QED) is 0.409. The van der Waals surface area contributed by atoms with Crippen molar-refractivity contribution in [1.29, 1.82) is 0 Å². The number of ether oxygens (including phenoxy) is 1. The summed E-state index contributed by atoms with van der Waals surface area (Å²) in [6.07, 6.45) is 1.03. The lowest BCUT2D eigenvalue weighted by molar-refractivity contribution is -0.132. The number of anilines is 2. The van der Waals surface area contributed by atoms with Gasteiger partial charge in [0.15, 0.2) is 0 Å². The predicted molar refractivity (Wildman–Crippen MR) is 118 cm³/mol. The average Bonchev–Trinajstić information content (AvgIpc) is 2.71. The fraction of sp³-hybridized carbons (Fsp3) is 0.227. The highest BCUT2D eigenvalue weighted by atomic mass is 32.2. The molecule has 2 rings (SSSR count). The van der Waals surface area contributed by atoms with Gasteiger partial charge < -0.3 is 20.5 Å². The van der Waals surface area contributed by atoms with E-state index >= 15 is 0 Å². The summed E-state index contributed by atoms with van der Waals surface area (Å²) >= 11 is 1.39. The molecule has 0 aromatic heterocycles. The molecule has 0 saturated heterocycles. The maximum Gasteiger partial charge on any atom is 0.331 e. The van der Waals surface area contributed by atoms with Crippen molar-refractivity contribution >= 4 is 40.9 Å². The lowest BCUT2D eigenvalue weighted by Gasteiger charge is -2.13. The Morgan fingerprint density at radius 3 is 2.17 bits per heavy atom. The van der Waals surface area contributed by atoms with E-state index in [1.54, 1.807) is 48.5 Å². The Morgan fingerprint density at radius 1 is 1.03 bits per heavy atom. The summed E-state index contributed by atoms with van der Waals surface area (Å²) in [5, 5.41) is 13.9. The SMILES string of the molecule is CCOc1ccc(NC(=O)C(C)Sc2ccc(NC(=O)C=C(C)C(=O)O)cc2)cc1. The van der Waals surface area contributed by atoms with Crippen LogP contribution in [0.25, 0.3) is 0 Å². The second-order valence-electron chi connectivity index (χ2n) is 6.35. The number of thioether (sulfide) groups is 1. The molecule has 0 bridgehead atoms. The smallest absolute Gasteiger partial charge is 0.331 e. The van der Waals surface area contributed by atoms with Crippen molar-refractivity contribution in [2.75, 3.05) is 17.2 Å². The van der Waals surface area contributed by atoms with Gasteiger partial charge in [-0.25, -0.2) is 4.79 Å². The van der Waals surface area contributed by atoms with Gasteiger partial charge in [-0.1, -0.05) is 0 Å². The second-order valence-corrected chi connectivity index (χ2v) is 7.77. The van der Waals surface area contributed by atoms with E-state index in [1.165, 1.54) is 18.7 Å². The molecule has 0 aliphatic carbocycles. The van der Waals surface area contributed by atoms with Crippen molar-refractivity contribution in [1.82, 2.24) is 0 Å². The zero-order valence-corrected chi connectivity index (χ0v) is 17.8. The highest BCUT2D eigenvalue weighted by Gasteiger charge is 2.15. The number of carbonyl (C=O) groups is 3. The summed E-state index contributed by atoms with van der Waals surface area (Å²) in [5.41, 5.74) is 1.18. The molecule has 0 spiro atoms. The molecule has 2 aromatic carbocycles. The molecule has 0 radical (unpaired) electrons. The molecule has 0 fully saturated rings. The first-order valence-corrected chi connectivity index (χ1v) is 10.2. The molecule has 7 nitrogen and oxygen atoms in total. The number of benzene rings is 2. The Balaban J connectivity index is 1.89. The van der Waals surface area contributed by atoms with Gasteiger partial charge in [-0.05, 0) is 69.3 Å². The van der Waals surface area contributed by atoms with Crippen molar-refractivity contribution in [2.24, 2.45) is 0 Å². The van der Waals surface area contributed by atoms with Gasteiger partial charge in [-0.2, -0.15) is 0 Å². The summed E-state index contributed by atoms with van der Waals surface area (Å²) in [6.45, 7) is 5.65. The van der Waals surface area contributed by atoms with Crippen LogP contribution in [-0.4, -0.2) is 34.7 Å². The third-order valence-corrected chi connectivity index (χ3v) is 5.03. The van der Waals surface area contributed by atoms with Crippen molar-refractivity contribution in [3.8, 4) is 5.75 Å². The average molecular weight is 429 g/mol. The number of carbonyl (C=O) groups excluding carboxylic acids is 2. The molecule has 2 amide bonds. The topological polar surface area (TPSA) is 105 Å². The van der Waals surface area contributed by atoms with Gasteiger partial charge in [0.1, 0.15) is 5.75 Å². The summed E-state index contributed by atoms with van der Waals surface area (Å²) in [7, 11) is 0. The van der Waals surface area contributed by atoms with Crippen LogP contribution in [0.5, 0.6) is 5.75 Å². The molecule has 0 aliphatic rings. The highest BCUT2D eigenvalue weighted by molar-refractivity contribution is 8.00. The number of aliphatic carboxylic acids is 1. The Bertz CT molecular complexity index is 924. The first-order valence-electron chi connectivity index (χ1n) is 9.31. The van der Waals surface area contributed by atoms with Gasteiger partial charge in [0.2, 0.25) is 11.8 Å². The van der Waals surface area contributed by atoms with Crippen LogP contribution in [0.4, 0.5) is 11.4 Å². The van der Waals surface area contributed by atoms with Gasteiger partial charge in [0.25, 0.3) is 0 Å². The fourth-order valence-corrected chi connectivity index (χ4v) is 3.22. The van der Waals surface area contributed by atoms with Gasteiger partial charge >= 0.3 is 5.97 Å². The Labute approximate surface area is 179 Å². The van der Waals surface area contributed by atoms with Crippen LogP contribution >= 0.6 is 11.8 Å². The third-order valence-electron chi connectivity index (χ3n) is 3.92. The molecular weight excluding hydrogens is 404 g/mol. The standard InChI is InChI=1S/C22H24N2O5S/c1-4-29-18-9-5-17(6-10-18)24-21(26)15(3)30-19-11-7-16(8-12-19)23-20(25)13-14(2)22(27)28/h5-13,15H,4H2,1-3H3,(H,23,25)(H,24,26)(H,27,28). The maximum atomic E-state index is 12.4. The van der Waals surface area contributed by atoms with Gasteiger partial charge in [0.05, 0.1) is 11.9 Å². The van der Waals surface area contributed by atoms with Crippen molar-refractivity contribution in [3.05, 3.63) is 60.2 Å². The highest BCUT2D eigenvalue weighted by Crippen LogP contribution is 2.26. The molecule has 30 heavy (non-hydrogen) atoms. The van der Waals surface area contributed by atoms with Crippen LogP contribution in [0, 0.1) is 0 Å². The zero-order valence-electron chi connectivity index (χ0n) is 17.0. The van der Waals surface area contributed by atoms with Gasteiger partial charge in [-0.15, -0.1) is 11.8 Å². The van der Waals surface area contributed by atoms with E-state index < -0.39 is 11.9 Å². The van der Waals surface area contributed by atoms with Crippen molar-refractivity contribution < 1.29 is 24.2 Å². The number of amides is 2. The Kier molecular flexibility index (Phi) is 8.49. The predicted octanol–water partition coefficient (Wildman–Crippen LogP) is 4.17. The minimum Gasteiger partial charge on any atom is -0.494 e. The third kappa shape index (κ3) is 7.29. The van der Waals surface area contributed by atoms with E-state index in [-0.39, 0.29) is 16.7 Å². The molecule has 3 N–H and O–H groups in total. The van der Waals surface area contributed by atoms with E-state index in [0.29, 0.717) is 18.0 Å². The summed E-state index contributed by atoms with van der Waals surface area (Å²) in [4.78, 5) is 35.8. The van der Waals surface area contributed by atoms with Crippen LogP contribution < -0.4 is 15.4 Å². The number of hydrogen-bond donors (Lipinski definition) is 3. The molecule has 2 aromatic rings. The van der Waals surface area contributed by atoms with Crippen LogP contribution in [0.15, 0.2) is 65.1 Å². The van der Waals surface area contributed by atoms with E-state index in [2.05, 4.69) is 10.6 Å². The van der Waals surface area contributed by atoms with E-state index in [9.17, 15) is 14.4 Å². The molecule has 0 saturated carbocycles. The van der Waals surface area contributed by atoms with Crippen LogP contribution in [0.2, 0.25) is 0 Å². The molecule has 1 atom stereocenters. The first kappa shape index (κ1) is 23.0.